The zero-order chi connectivity index (χ0) is 9.11. The predicted molar refractivity (Wildman–Crippen MR) is 46.1 cm³/mol. The van der Waals surface area contributed by atoms with Gasteiger partial charge in [-0.2, -0.15) is 0 Å². The molecule has 0 aromatic rings. The molecule has 0 saturated carbocycles. The summed E-state index contributed by atoms with van der Waals surface area (Å²) in [6, 6.07) is 0. The maximum Gasteiger partial charge on any atom is 0.119 e. The van der Waals surface area contributed by atoms with Gasteiger partial charge in [0.15, 0.2) is 0 Å². The molecule has 0 radical (unpaired) electrons. The van der Waals surface area contributed by atoms with Crippen LogP contribution in [0.1, 0.15) is 33.1 Å². The van der Waals surface area contributed by atoms with Gasteiger partial charge in [0.2, 0.25) is 0 Å². The molecular weight excluding hydrogens is 142 g/mol. The van der Waals surface area contributed by atoms with Crippen LogP contribution in [0.5, 0.6) is 0 Å². The van der Waals surface area contributed by atoms with Gasteiger partial charge in [0.1, 0.15) is 6.29 Å². The van der Waals surface area contributed by atoms with E-state index >= 15 is 0 Å². The van der Waals surface area contributed by atoms with Gasteiger partial charge in [-0.25, -0.2) is 0 Å². The lowest BCUT2D eigenvalue weighted by Crippen LogP contribution is -1.90. The molecule has 0 rings (SSSR count). The molecule has 0 aliphatic rings. The lowest BCUT2D eigenvalue weighted by molar-refractivity contribution is -0.107. The van der Waals surface area contributed by atoms with E-state index in [9.17, 15) is 4.79 Å². The number of hydrogen-bond donors (Lipinski definition) is 2. The Morgan fingerprint density at radius 3 is 2.18 bits per heavy atom. The quantitative estimate of drug-likeness (QED) is 0.481. The van der Waals surface area contributed by atoms with Crippen LogP contribution in [0.15, 0.2) is 0 Å². The fourth-order valence-corrected chi connectivity index (χ4v) is 0.286. The third-order valence-electron chi connectivity index (χ3n) is 0.893. The summed E-state index contributed by atoms with van der Waals surface area (Å²) in [7, 11) is 0. The molecule has 0 heterocycles. The molecule has 3 nitrogen and oxygen atoms in total. The Labute approximate surface area is 67.9 Å². The third-order valence-corrected chi connectivity index (χ3v) is 0.893. The smallest absolute Gasteiger partial charge is 0.119 e. The van der Waals surface area contributed by atoms with Crippen molar-refractivity contribution < 1.29 is 9.90 Å². The lowest BCUT2D eigenvalue weighted by atomic mass is 10.3. The predicted octanol–water partition coefficient (Wildman–Crippen LogP) is 1.39. The largest absolute Gasteiger partial charge is 0.396 e. The van der Waals surface area contributed by atoms with Crippen molar-refractivity contribution in [2.24, 2.45) is 0 Å². The van der Waals surface area contributed by atoms with Crippen molar-refractivity contribution in [2.45, 2.75) is 33.1 Å². The van der Waals surface area contributed by atoms with E-state index in [-0.39, 0.29) is 6.61 Å². The van der Waals surface area contributed by atoms with E-state index in [2.05, 4.69) is 0 Å². The van der Waals surface area contributed by atoms with Gasteiger partial charge in [-0.3, -0.25) is 0 Å². The van der Waals surface area contributed by atoms with Gasteiger partial charge in [-0.1, -0.05) is 6.92 Å². The van der Waals surface area contributed by atoms with Crippen LogP contribution >= 0.6 is 0 Å². The molecule has 0 spiro atoms. The minimum Gasteiger partial charge on any atom is -0.396 e. The second-order valence-corrected chi connectivity index (χ2v) is 2.21. The van der Waals surface area contributed by atoms with Crippen molar-refractivity contribution in [3.63, 3.8) is 0 Å². The number of rotatable bonds is 4. The maximum atomic E-state index is 9.40. The number of nitrogens with one attached hydrogen (secondary N) is 1. The number of aliphatic hydroxyl groups excluding tert-OH is 1. The number of carbonyl (C=O) groups is 1. The van der Waals surface area contributed by atoms with Gasteiger partial charge in [-0.15, -0.1) is 0 Å². The van der Waals surface area contributed by atoms with E-state index in [1.807, 2.05) is 6.92 Å². The first-order chi connectivity index (χ1) is 5.18. The number of aldehydes is 1. The van der Waals surface area contributed by atoms with Gasteiger partial charge < -0.3 is 15.3 Å². The standard InChI is InChI=1S/C4H9NO.C4H8O/c1-4(5)2-3-6;1-2-3-4-5/h5-6H,2-3H2,1H3;4H,2-3H2,1H3. The summed E-state index contributed by atoms with van der Waals surface area (Å²) in [5.74, 6) is 0. The lowest BCUT2D eigenvalue weighted by Gasteiger charge is -1.84. The molecule has 0 bridgehead atoms. The Morgan fingerprint density at radius 2 is 2.18 bits per heavy atom. The fraction of sp³-hybridized carbons (Fsp3) is 0.750. The zero-order valence-electron chi connectivity index (χ0n) is 7.26. The van der Waals surface area contributed by atoms with E-state index in [0.29, 0.717) is 18.6 Å². The fourth-order valence-electron chi connectivity index (χ4n) is 0.286. The molecule has 0 saturated heterocycles. The van der Waals surface area contributed by atoms with Crippen LogP contribution in [0.4, 0.5) is 0 Å². The Balaban J connectivity index is 0. The van der Waals surface area contributed by atoms with E-state index < -0.39 is 0 Å². The van der Waals surface area contributed by atoms with Crippen molar-refractivity contribution in [1.82, 2.24) is 0 Å². The van der Waals surface area contributed by atoms with Gasteiger partial charge in [0.05, 0.1) is 0 Å². The molecule has 66 valence electrons. The average Bonchev–Trinajstić information content (AvgIpc) is 1.90. The van der Waals surface area contributed by atoms with Crippen molar-refractivity contribution in [3.8, 4) is 0 Å². The summed E-state index contributed by atoms with van der Waals surface area (Å²) in [4.78, 5) is 9.40. The monoisotopic (exact) mass is 159 g/mol. The third kappa shape index (κ3) is 26.8. The minimum absolute atomic E-state index is 0.106. The maximum absolute atomic E-state index is 9.40. The Kier molecular flexibility index (Phi) is 14.1. The number of hydrogen-bond acceptors (Lipinski definition) is 3. The van der Waals surface area contributed by atoms with Crippen molar-refractivity contribution in [2.75, 3.05) is 6.61 Å². The van der Waals surface area contributed by atoms with Gasteiger partial charge in [-0.05, 0) is 13.3 Å². The summed E-state index contributed by atoms with van der Waals surface area (Å²) in [5, 5.41) is 14.8. The second kappa shape index (κ2) is 12.0. The van der Waals surface area contributed by atoms with E-state index in [1.54, 1.807) is 6.92 Å². The zero-order valence-corrected chi connectivity index (χ0v) is 7.26. The Morgan fingerprint density at radius 1 is 1.64 bits per heavy atom. The number of unbranched alkanes of at least 4 members (excludes halogenated alkanes) is 1. The molecule has 0 aromatic carbocycles. The Bertz CT molecular complexity index is 102. The topological polar surface area (TPSA) is 61.1 Å². The van der Waals surface area contributed by atoms with E-state index in [4.69, 9.17) is 10.5 Å². The van der Waals surface area contributed by atoms with Gasteiger partial charge in [0.25, 0.3) is 0 Å². The van der Waals surface area contributed by atoms with E-state index in [1.165, 1.54) is 0 Å². The highest BCUT2D eigenvalue weighted by atomic mass is 16.3. The summed E-state index contributed by atoms with van der Waals surface area (Å²) >= 11 is 0. The van der Waals surface area contributed by atoms with Crippen LogP contribution in [-0.4, -0.2) is 23.7 Å². The van der Waals surface area contributed by atoms with Crippen LogP contribution < -0.4 is 0 Å². The molecule has 0 unspecified atom stereocenters. The number of aliphatic hydroxyl groups is 1. The average molecular weight is 159 g/mol. The molecule has 0 atom stereocenters. The summed E-state index contributed by atoms with van der Waals surface area (Å²) < 4.78 is 0. The first kappa shape index (κ1) is 12.9. The molecule has 0 aliphatic heterocycles. The van der Waals surface area contributed by atoms with Gasteiger partial charge in [0, 0.05) is 25.2 Å². The summed E-state index contributed by atoms with van der Waals surface area (Å²) in [6.45, 7) is 3.76. The minimum atomic E-state index is 0.106. The van der Waals surface area contributed by atoms with Crippen LogP contribution in [0.3, 0.4) is 0 Å². The SMILES string of the molecule is CC(=N)CCO.CCCC=O. The molecular formula is C8H17NO2. The number of carbonyl (C=O) groups excluding carboxylic acids is 1. The first-order valence-corrected chi connectivity index (χ1v) is 3.77. The van der Waals surface area contributed by atoms with Crippen molar-refractivity contribution in [1.29, 1.82) is 5.41 Å². The van der Waals surface area contributed by atoms with Gasteiger partial charge >= 0.3 is 0 Å². The molecule has 2 N–H and O–H groups in total. The molecule has 11 heavy (non-hydrogen) atoms. The van der Waals surface area contributed by atoms with Crippen molar-refractivity contribution >= 4 is 12.0 Å². The van der Waals surface area contributed by atoms with Crippen LogP contribution in [0.25, 0.3) is 0 Å². The van der Waals surface area contributed by atoms with Crippen LogP contribution in [0.2, 0.25) is 0 Å². The Hall–Kier alpha value is -0.700. The first-order valence-electron chi connectivity index (χ1n) is 3.77. The molecule has 0 amide bonds. The highest BCUT2D eigenvalue weighted by Gasteiger charge is 1.79. The van der Waals surface area contributed by atoms with Crippen LogP contribution in [0, 0.1) is 5.41 Å². The highest BCUT2D eigenvalue weighted by molar-refractivity contribution is 5.78. The second-order valence-electron chi connectivity index (χ2n) is 2.21. The normalized spacial score (nSPS) is 7.91. The summed E-state index contributed by atoms with van der Waals surface area (Å²) in [5.41, 5.74) is 0.539. The molecule has 0 fully saturated rings. The van der Waals surface area contributed by atoms with Crippen molar-refractivity contribution in [3.05, 3.63) is 0 Å². The highest BCUT2D eigenvalue weighted by Crippen LogP contribution is 1.75. The van der Waals surface area contributed by atoms with E-state index in [0.717, 1.165) is 12.7 Å². The molecule has 0 aliphatic carbocycles. The van der Waals surface area contributed by atoms with Crippen LogP contribution in [-0.2, 0) is 4.79 Å². The molecule has 0 aromatic heterocycles. The molecule has 3 heteroatoms. The summed E-state index contributed by atoms with van der Waals surface area (Å²) in [6.07, 6.45) is 3.13.